The van der Waals surface area contributed by atoms with Gasteiger partial charge < -0.3 is 10.6 Å². The number of hydrogen-bond acceptors (Lipinski definition) is 3. The van der Waals surface area contributed by atoms with Crippen LogP contribution in [0, 0.1) is 0 Å². The lowest BCUT2D eigenvalue weighted by atomic mass is 10.1. The first-order valence-corrected chi connectivity index (χ1v) is 8.07. The first-order chi connectivity index (χ1) is 11.3. The number of para-hydroxylation sites is 1. The third-order valence-electron chi connectivity index (χ3n) is 4.56. The summed E-state index contributed by atoms with van der Waals surface area (Å²) in [7, 11) is 0. The molecule has 4 rings (SSSR count). The number of rotatable bonds is 3. The smallest absolute Gasteiger partial charge is 0.117 e. The third kappa shape index (κ3) is 2.72. The lowest BCUT2D eigenvalue weighted by Gasteiger charge is -2.30. The summed E-state index contributed by atoms with van der Waals surface area (Å²) < 4.78 is 0. The maximum Gasteiger partial charge on any atom is 0.117 e. The Morgan fingerprint density at radius 2 is 1.91 bits per heavy atom. The van der Waals surface area contributed by atoms with Crippen molar-refractivity contribution in [2.45, 2.75) is 32.0 Å². The summed E-state index contributed by atoms with van der Waals surface area (Å²) in [5, 5.41) is 0. The summed E-state index contributed by atoms with van der Waals surface area (Å²) >= 11 is 0. The van der Waals surface area contributed by atoms with Crippen LogP contribution in [0.1, 0.15) is 24.0 Å². The monoisotopic (exact) mass is 304 g/mol. The summed E-state index contributed by atoms with van der Waals surface area (Å²) in [6.07, 6.45) is 1.97. The number of aliphatic imine (C=N–C) groups is 2. The zero-order chi connectivity index (χ0) is 15.6. The summed E-state index contributed by atoms with van der Waals surface area (Å²) in [5.74, 6) is 1.87. The van der Waals surface area contributed by atoms with Crippen LogP contribution in [0.5, 0.6) is 0 Å². The van der Waals surface area contributed by atoms with Crippen molar-refractivity contribution in [3.63, 3.8) is 0 Å². The van der Waals surface area contributed by atoms with Crippen molar-refractivity contribution < 1.29 is 0 Å². The number of fused-ring (bicyclic) bond motifs is 2. The zero-order valence-corrected chi connectivity index (χ0v) is 13.0. The van der Waals surface area contributed by atoms with E-state index in [9.17, 15) is 0 Å². The highest BCUT2D eigenvalue weighted by Gasteiger charge is 2.34. The standard InChI is InChI=1S/C19H20N4/c20-19(21-12-14-6-2-1-3-7-14)17-10-11-18-22-16-9-5-4-8-15(16)13-23(17)18/h1-9,17H,10-13H2,(H2,20,21)/t17-/m1/s1. The highest BCUT2D eigenvalue weighted by atomic mass is 15.3. The van der Waals surface area contributed by atoms with Crippen LogP contribution in [0.15, 0.2) is 64.6 Å². The molecular formula is C19H20N4. The van der Waals surface area contributed by atoms with E-state index in [1.165, 1.54) is 11.1 Å². The van der Waals surface area contributed by atoms with Crippen LogP contribution < -0.4 is 5.73 Å². The number of nitrogens with two attached hydrogens (primary N) is 1. The Kier molecular flexibility index (Phi) is 3.58. The highest BCUT2D eigenvalue weighted by Crippen LogP contribution is 2.32. The van der Waals surface area contributed by atoms with Gasteiger partial charge in [-0.05, 0) is 23.6 Å². The van der Waals surface area contributed by atoms with E-state index in [4.69, 9.17) is 10.7 Å². The van der Waals surface area contributed by atoms with Gasteiger partial charge in [-0.3, -0.25) is 4.99 Å². The molecule has 0 aromatic heterocycles. The minimum atomic E-state index is 0.172. The first kappa shape index (κ1) is 14.0. The van der Waals surface area contributed by atoms with Crippen LogP contribution in [0.3, 0.4) is 0 Å². The molecule has 1 atom stereocenters. The van der Waals surface area contributed by atoms with E-state index < -0.39 is 0 Å². The normalized spacial score (nSPS) is 20.0. The fourth-order valence-corrected chi connectivity index (χ4v) is 3.32. The van der Waals surface area contributed by atoms with E-state index in [1.807, 2.05) is 24.3 Å². The first-order valence-electron chi connectivity index (χ1n) is 8.07. The van der Waals surface area contributed by atoms with E-state index in [0.29, 0.717) is 6.54 Å². The highest BCUT2D eigenvalue weighted by molar-refractivity contribution is 5.97. The van der Waals surface area contributed by atoms with Crippen LogP contribution in [-0.2, 0) is 13.1 Å². The molecule has 2 heterocycles. The number of amidine groups is 2. The molecule has 2 aromatic rings. The molecular weight excluding hydrogens is 284 g/mol. The molecule has 1 fully saturated rings. The topological polar surface area (TPSA) is 54.0 Å². The summed E-state index contributed by atoms with van der Waals surface area (Å²) in [6.45, 7) is 1.52. The molecule has 4 heteroatoms. The van der Waals surface area contributed by atoms with Crippen molar-refractivity contribution in [3.05, 3.63) is 65.7 Å². The molecule has 116 valence electrons. The molecule has 0 radical (unpaired) electrons. The van der Waals surface area contributed by atoms with Crippen LogP contribution in [-0.4, -0.2) is 22.6 Å². The Morgan fingerprint density at radius 1 is 1.13 bits per heavy atom. The molecule has 0 spiro atoms. The SMILES string of the molecule is NC(=NCc1ccccc1)[C@H]1CCC2=Nc3ccccc3CN21. The fraction of sp³-hybridized carbons (Fsp3) is 0.263. The van der Waals surface area contributed by atoms with Crippen molar-refractivity contribution in [2.24, 2.45) is 15.7 Å². The molecule has 0 unspecified atom stereocenters. The average molecular weight is 304 g/mol. The Morgan fingerprint density at radius 3 is 2.78 bits per heavy atom. The second-order valence-corrected chi connectivity index (χ2v) is 6.07. The average Bonchev–Trinajstić information content (AvgIpc) is 3.01. The zero-order valence-electron chi connectivity index (χ0n) is 13.0. The second-order valence-electron chi connectivity index (χ2n) is 6.07. The van der Waals surface area contributed by atoms with Crippen molar-refractivity contribution >= 4 is 17.4 Å². The minimum Gasteiger partial charge on any atom is -0.386 e. The van der Waals surface area contributed by atoms with Gasteiger partial charge in [0.2, 0.25) is 0 Å². The molecule has 0 bridgehead atoms. The van der Waals surface area contributed by atoms with Gasteiger partial charge in [0.05, 0.1) is 18.3 Å². The molecule has 2 aliphatic rings. The molecule has 2 N–H and O–H groups in total. The van der Waals surface area contributed by atoms with Crippen molar-refractivity contribution in [2.75, 3.05) is 0 Å². The van der Waals surface area contributed by atoms with E-state index in [1.54, 1.807) is 0 Å². The molecule has 4 nitrogen and oxygen atoms in total. The summed E-state index contributed by atoms with van der Waals surface area (Å²) in [6, 6.07) is 18.7. The van der Waals surface area contributed by atoms with E-state index in [0.717, 1.165) is 36.7 Å². The van der Waals surface area contributed by atoms with Gasteiger partial charge in [-0.15, -0.1) is 0 Å². The van der Waals surface area contributed by atoms with Crippen LogP contribution in [0.25, 0.3) is 0 Å². The fourth-order valence-electron chi connectivity index (χ4n) is 3.32. The van der Waals surface area contributed by atoms with Crippen LogP contribution >= 0.6 is 0 Å². The van der Waals surface area contributed by atoms with Gasteiger partial charge in [0.15, 0.2) is 0 Å². The van der Waals surface area contributed by atoms with Crippen LogP contribution in [0.2, 0.25) is 0 Å². The predicted octanol–water partition coefficient (Wildman–Crippen LogP) is 3.25. The number of nitrogens with zero attached hydrogens (tertiary/aromatic N) is 3. The van der Waals surface area contributed by atoms with E-state index in [-0.39, 0.29) is 6.04 Å². The van der Waals surface area contributed by atoms with Gasteiger partial charge in [0.1, 0.15) is 11.7 Å². The molecule has 2 aromatic carbocycles. The molecule has 0 saturated carbocycles. The van der Waals surface area contributed by atoms with Gasteiger partial charge in [-0.1, -0.05) is 48.5 Å². The quantitative estimate of drug-likeness (QED) is 0.699. The lowest BCUT2D eigenvalue weighted by Crippen LogP contribution is -2.42. The van der Waals surface area contributed by atoms with Crippen molar-refractivity contribution in [1.29, 1.82) is 0 Å². The maximum atomic E-state index is 6.31. The van der Waals surface area contributed by atoms with Gasteiger partial charge in [-0.25, -0.2) is 4.99 Å². The van der Waals surface area contributed by atoms with Gasteiger partial charge >= 0.3 is 0 Å². The second kappa shape index (κ2) is 5.88. The maximum absolute atomic E-state index is 6.31. The molecule has 0 amide bonds. The van der Waals surface area contributed by atoms with Gasteiger partial charge in [-0.2, -0.15) is 0 Å². The van der Waals surface area contributed by atoms with Crippen LogP contribution in [0.4, 0.5) is 5.69 Å². The largest absolute Gasteiger partial charge is 0.386 e. The third-order valence-corrected chi connectivity index (χ3v) is 4.56. The molecule has 23 heavy (non-hydrogen) atoms. The predicted molar refractivity (Wildman–Crippen MR) is 93.9 cm³/mol. The minimum absolute atomic E-state index is 0.172. The van der Waals surface area contributed by atoms with Crippen molar-refractivity contribution in [1.82, 2.24) is 4.90 Å². The number of benzene rings is 2. The Balaban J connectivity index is 1.53. The number of hydrogen-bond donors (Lipinski definition) is 1. The molecule has 1 saturated heterocycles. The van der Waals surface area contributed by atoms with Crippen molar-refractivity contribution in [3.8, 4) is 0 Å². The molecule has 0 aliphatic carbocycles. The van der Waals surface area contributed by atoms with E-state index in [2.05, 4.69) is 40.2 Å². The molecule has 2 aliphatic heterocycles. The van der Waals surface area contributed by atoms with Gasteiger partial charge in [0.25, 0.3) is 0 Å². The summed E-state index contributed by atoms with van der Waals surface area (Å²) in [4.78, 5) is 11.7. The lowest BCUT2D eigenvalue weighted by molar-refractivity contribution is 0.390. The Hall–Kier alpha value is -2.62. The summed E-state index contributed by atoms with van der Waals surface area (Å²) in [5.41, 5.74) is 9.85. The van der Waals surface area contributed by atoms with E-state index >= 15 is 0 Å². The van der Waals surface area contributed by atoms with Gasteiger partial charge in [0, 0.05) is 13.0 Å². The Labute approximate surface area is 136 Å². The Bertz CT molecular complexity index is 764.